The van der Waals surface area contributed by atoms with Gasteiger partial charge in [0, 0.05) is 16.3 Å². The van der Waals surface area contributed by atoms with E-state index in [0.717, 1.165) is 0 Å². The molecule has 0 amide bonds. The Labute approximate surface area is 130 Å². The van der Waals surface area contributed by atoms with Gasteiger partial charge in [0.25, 0.3) is 10.1 Å². The third-order valence-corrected chi connectivity index (χ3v) is 3.84. The van der Waals surface area contributed by atoms with Gasteiger partial charge < -0.3 is 4.98 Å². The van der Waals surface area contributed by atoms with Gasteiger partial charge in [-0.15, -0.1) is 0 Å². The maximum atomic E-state index is 11.8. The SMILES string of the molecule is Cc1[nH]c(-c2cc(Cl)ccc2Cl)nc1C(=O)CS(=O)(=O)O. The number of aromatic amines is 1. The minimum absolute atomic E-state index is 0.0707. The quantitative estimate of drug-likeness (QED) is 0.653. The molecule has 0 fully saturated rings. The van der Waals surface area contributed by atoms with Gasteiger partial charge in [0.2, 0.25) is 0 Å². The average molecular weight is 349 g/mol. The fourth-order valence-electron chi connectivity index (χ4n) is 1.77. The van der Waals surface area contributed by atoms with Crippen molar-refractivity contribution in [2.45, 2.75) is 6.92 Å². The lowest BCUT2D eigenvalue weighted by Crippen LogP contribution is -2.16. The molecule has 0 bridgehead atoms. The van der Waals surface area contributed by atoms with Gasteiger partial charge in [-0.3, -0.25) is 9.35 Å². The number of imidazole rings is 1. The fraction of sp³-hybridized carbons (Fsp3) is 0.167. The maximum absolute atomic E-state index is 11.8. The summed E-state index contributed by atoms with van der Waals surface area (Å²) in [6.07, 6.45) is 0. The number of H-pyrrole nitrogens is 1. The van der Waals surface area contributed by atoms with E-state index in [2.05, 4.69) is 9.97 Å². The molecule has 0 aliphatic heterocycles. The molecule has 2 aromatic rings. The number of carbonyl (C=O) groups is 1. The first-order chi connectivity index (χ1) is 9.67. The predicted molar refractivity (Wildman–Crippen MR) is 79.5 cm³/mol. The average Bonchev–Trinajstić information content (AvgIpc) is 2.72. The van der Waals surface area contributed by atoms with E-state index in [4.69, 9.17) is 27.8 Å². The largest absolute Gasteiger partial charge is 0.341 e. The molecule has 112 valence electrons. The number of nitrogens with zero attached hydrogens (tertiary/aromatic N) is 1. The van der Waals surface area contributed by atoms with Gasteiger partial charge in [0.1, 0.15) is 17.3 Å². The predicted octanol–water partition coefficient (Wildman–Crippen LogP) is 2.76. The third kappa shape index (κ3) is 3.82. The number of ketones is 1. The summed E-state index contributed by atoms with van der Waals surface area (Å²) < 4.78 is 30.2. The van der Waals surface area contributed by atoms with E-state index < -0.39 is 21.7 Å². The number of nitrogens with one attached hydrogen (secondary N) is 1. The Balaban J connectivity index is 2.44. The number of hydrogen-bond donors (Lipinski definition) is 2. The molecule has 0 saturated carbocycles. The molecule has 0 unspecified atom stereocenters. The van der Waals surface area contributed by atoms with Crippen LogP contribution in [0.15, 0.2) is 18.2 Å². The third-order valence-electron chi connectivity index (χ3n) is 2.65. The summed E-state index contributed by atoms with van der Waals surface area (Å²) in [5.74, 6) is -1.55. The highest BCUT2D eigenvalue weighted by molar-refractivity contribution is 7.86. The fourth-order valence-corrected chi connectivity index (χ4v) is 2.62. The van der Waals surface area contributed by atoms with Gasteiger partial charge in [0.15, 0.2) is 5.78 Å². The molecular weight excluding hydrogens is 339 g/mol. The molecule has 0 atom stereocenters. The van der Waals surface area contributed by atoms with Crippen molar-refractivity contribution in [3.05, 3.63) is 39.6 Å². The first kappa shape index (κ1) is 16.0. The number of Topliss-reactive ketones (excluding diaryl/α,β-unsaturated/α-hetero) is 1. The molecule has 6 nitrogen and oxygen atoms in total. The number of carbonyl (C=O) groups excluding carboxylic acids is 1. The number of aromatic nitrogens is 2. The molecule has 1 heterocycles. The van der Waals surface area contributed by atoms with Crippen molar-refractivity contribution in [3.63, 3.8) is 0 Å². The molecule has 1 aromatic heterocycles. The lowest BCUT2D eigenvalue weighted by atomic mass is 10.2. The molecule has 0 aliphatic rings. The summed E-state index contributed by atoms with van der Waals surface area (Å²) in [5.41, 5.74) is 0.784. The summed E-state index contributed by atoms with van der Waals surface area (Å²) in [4.78, 5) is 18.7. The van der Waals surface area contributed by atoms with E-state index >= 15 is 0 Å². The van der Waals surface area contributed by atoms with Crippen LogP contribution in [0.25, 0.3) is 11.4 Å². The minimum Gasteiger partial charge on any atom is -0.341 e. The number of rotatable bonds is 4. The maximum Gasteiger partial charge on any atom is 0.272 e. The van der Waals surface area contributed by atoms with Gasteiger partial charge in [-0.25, -0.2) is 4.98 Å². The van der Waals surface area contributed by atoms with Crippen LogP contribution in [0.5, 0.6) is 0 Å². The monoisotopic (exact) mass is 348 g/mol. The van der Waals surface area contributed by atoms with Gasteiger partial charge >= 0.3 is 0 Å². The van der Waals surface area contributed by atoms with Crippen LogP contribution in [0.1, 0.15) is 16.2 Å². The number of halogens is 2. The van der Waals surface area contributed by atoms with E-state index in [1.54, 1.807) is 25.1 Å². The normalized spacial score (nSPS) is 11.6. The Morgan fingerprint density at radius 2 is 2.05 bits per heavy atom. The smallest absolute Gasteiger partial charge is 0.272 e. The van der Waals surface area contributed by atoms with Crippen molar-refractivity contribution >= 4 is 39.1 Å². The van der Waals surface area contributed by atoms with Gasteiger partial charge in [0.05, 0.1) is 5.02 Å². The van der Waals surface area contributed by atoms with Crippen LogP contribution >= 0.6 is 23.2 Å². The van der Waals surface area contributed by atoms with E-state index in [1.807, 2.05) is 0 Å². The summed E-state index contributed by atoms with van der Waals surface area (Å²) in [5, 5.41) is 0.816. The van der Waals surface area contributed by atoms with Crippen LogP contribution < -0.4 is 0 Å². The van der Waals surface area contributed by atoms with Crippen LogP contribution in [0.3, 0.4) is 0 Å². The second kappa shape index (κ2) is 5.76. The van der Waals surface area contributed by atoms with Crippen molar-refractivity contribution in [1.82, 2.24) is 9.97 Å². The zero-order valence-electron chi connectivity index (χ0n) is 10.7. The summed E-state index contributed by atoms with van der Waals surface area (Å²) in [6, 6.07) is 4.75. The van der Waals surface area contributed by atoms with E-state index in [9.17, 15) is 13.2 Å². The van der Waals surface area contributed by atoms with Crippen molar-refractivity contribution < 1.29 is 17.8 Å². The highest BCUT2D eigenvalue weighted by atomic mass is 35.5. The summed E-state index contributed by atoms with van der Waals surface area (Å²) >= 11 is 11.9. The molecule has 1 aromatic carbocycles. The minimum atomic E-state index is -4.41. The molecule has 2 N–H and O–H groups in total. The van der Waals surface area contributed by atoms with Crippen molar-refractivity contribution in [3.8, 4) is 11.4 Å². The standard InChI is InChI=1S/C12H10Cl2N2O4S/c1-6-11(10(17)5-21(18,19)20)16-12(15-6)8-4-7(13)2-3-9(8)14/h2-4H,5H2,1H3,(H,15,16)(H,18,19,20). The molecule has 0 radical (unpaired) electrons. The molecule has 9 heteroatoms. The summed E-state index contributed by atoms with van der Waals surface area (Å²) in [7, 11) is -4.41. The van der Waals surface area contributed by atoms with E-state index in [1.165, 1.54) is 0 Å². The van der Waals surface area contributed by atoms with Gasteiger partial charge in [-0.1, -0.05) is 23.2 Å². The van der Waals surface area contributed by atoms with E-state index in [-0.39, 0.29) is 5.69 Å². The Bertz CT molecular complexity index is 815. The number of aryl methyl sites for hydroxylation is 1. The van der Waals surface area contributed by atoms with Crippen molar-refractivity contribution in [1.29, 1.82) is 0 Å². The molecule has 0 saturated heterocycles. The van der Waals surface area contributed by atoms with Crippen molar-refractivity contribution in [2.24, 2.45) is 0 Å². The Morgan fingerprint density at radius 3 is 2.67 bits per heavy atom. The first-order valence-electron chi connectivity index (χ1n) is 5.68. The second-order valence-corrected chi connectivity index (χ2v) is 6.63. The van der Waals surface area contributed by atoms with Crippen molar-refractivity contribution in [2.75, 3.05) is 5.75 Å². The topological polar surface area (TPSA) is 100 Å². The first-order valence-corrected chi connectivity index (χ1v) is 8.04. The molecule has 0 aliphatic carbocycles. The lowest BCUT2D eigenvalue weighted by Gasteiger charge is -2.00. The second-order valence-electron chi connectivity index (χ2n) is 4.33. The van der Waals surface area contributed by atoms with Crippen LogP contribution in [0.4, 0.5) is 0 Å². The highest BCUT2D eigenvalue weighted by Crippen LogP contribution is 2.29. The molecular formula is C12H10Cl2N2O4S. The Morgan fingerprint density at radius 1 is 1.38 bits per heavy atom. The van der Waals surface area contributed by atoms with Gasteiger partial charge in [-0.2, -0.15) is 8.42 Å². The molecule has 21 heavy (non-hydrogen) atoms. The Kier molecular flexibility index (Phi) is 4.38. The van der Waals surface area contributed by atoms with E-state index in [0.29, 0.717) is 27.1 Å². The Hall–Kier alpha value is -1.41. The lowest BCUT2D eigenvalue weighted by molar-refractivity contribution is 0.101. The van der Waals surface area contributed by atoms with Gasteiger partial charge in [-0.05, 0) is 25.1 Å². The zero-order valence-corrected chi connectivity index (χ0v) is 13.1. The number of benzene rings is 1. The van der Waals surface area contributed by atoms with Crippen LogP contribution in [-0.4, -0.2) is 34.5 Å². The zero-order chi connectivity index (χ0) is 15.8. The van der Waals surface area contributed by atoms with Crippen LogP contribution in [0, 0.1) is 6.92 Å². The highest BCUT2D eigenvalue weighted by Gasteiger charge is 2.21. The number of hydrogen-bond acceptors (Lipinski definition) is 4. The molecule has 0 spiro atoms. The van der Waals surface area contributed by atoms with Crippen LogP contribution in [-0.2, 0) is 10.1 Å². The van der Waals surface area contributed by atoms with Crippen LogP contribution in [0.2, 0.25) is 10.0 Å². The summed E-state index contributed by atoms with van der Waals surface area (Å²) in [6.45, 7) is 1.56. The molecule has 2 rings (SSSR count).